The molecule has 4 nitrogen and oxygen atoms in total. The summed E-state index contributed by atoms with van der Waals surface area (Å²) in [4.78, 5) is 24.9. The zero-order valence-electron chi connectivity index (χ0n) is 14.9. The lowest BCUT2D eigenvalue weighted by Gasteiger charge is -2.08. The van der Waals surface area contributed by atoms with Crippen LogP contribution < -0.4 is 9.47 Å². The molecule has 3 aromatic carbocycles. The molecule has 5 heteroatoms. The maximum absolute atomic E-state index is 13.3. The molecule has 0 fully saturated rings. The van der Waals surface area contributed by atoms with Crippen LogP contribution in [-0.4, -0.2) is 11.8 Å². The third-order valence-electron chi connectivity index (χ3n) is 4.31. The van der Waals surface area contributed by atoms with Crippen molar-refractivity contribution in [2.75, 3.05) is 0 Å². The lowest BCUT2D eigenvalue weighted by atomic mass is 10.0. The standard InChI is InChI=1S/C23H15FO4/c1-14-10-18(27-23(26)16-8-5-9-17(24)12-16)13-19-21(14)22(25)20(28-19)11-15-6-3-2-4-7-15/h2-13H,1H3/b20-11-. The van der Waals surface area contributed by atoms with Gasteiger partial charge in [-0.2, -0.15) is 0 Å². The molecule has 0 amide bonds. The van der Waals surface area contributed by atoms with Crippen LogP contribution in [0.1, 0.15) is 31.8 Å². The molecule has 0 saturated heterocycles. The fourth-order valence-electron chi connectivity index (χ4n) is 3.02. The highest BCUT2D eigenvalue weighted by molar-refractivity contribution is 6.15. The topological polar surface area (TPSA) is 52.6 Å². The number of carbonyl (C=O) groups is 2. The summed E-state index contributed by atoms with van der Waals surface area (Å²) in [6.45, 7) is 1.74. The summed E-state index contributed by atoms with van der Waals surface area (Å²) in [5.74, 6) is -0.682. The number of benzene rings is 3. The van der Waals surface area contributed by atoms with E-state index in [0.29, 0.717) is 16.9 Å². The Bertz CT molecular complexity index is 1120. The number of allylic oxidation sites excluding steroid dienone is 1. The number of ketones is 1. The minimum atomic E-state index is -0.691. The minimum Gasteiger partial charge on any atom is -0.452 e. The Kier molecular flexibility index (Phi) is 4.49. The van der Waals surface area contributed by atoms with Gasteiger partial charge in [0, 0.05) is 6.07 Å². The smallest absolute Gasteiger partial charge is 0.343 e. The fourth-order valence-corrected chi connectivity index (χ4v) is 3.02. The second kappa shape index (κ2) is 7.12. The van der Waals surface area contributed by atoms with Gasteiger partial charge < -0.3 is 9.47 Å². The van der Waals surface area contributed by atoms with Gasteiger partial charge in [0.1, 0.15) is 17.3 Å². The molecule has 0 aliphatic carbocycles. The van der Waals surface area contributed by atoms with E-state index in [2.05, 4.69) is 0 Å². The predicted molar refractivity (Wildman–Crippen MR) is 102 cm³/mol. The Morgan fingerprint density at radius 1 is 1.04 bits per heavy atom. The first-order valence-corrected chi connectivity index (χ1v) is 8.63. The Morgan fingerprint density at radius 3 is 2.57 bits per heavy atom. The van der Waals surface area contributed by atoms with E-state index in [1.165, 1.54) is 24.3 Å². The van der Waals surface area contributed by atoms with Crippen LogP contribution in [0.15, 0.2) is 72.5 Å². The van der Waals surface area contributed by atoms with Crippen LogP contribution in [-0.2, 0) is 0 Å². The Labute approximate surface area is 160 Å². The van der Waals surface area contributed by atoms with Gasteiger partial charge >= 0.3 is 5.97 Å². The predicted octanol–water partition coefficient (Wildman–Crippen LogP) is 4.97. The van der Waals surface area contributed by atoms with Crippen LogP contribution >= 0.6 is 0 Å². The molecule has 1 aliphatic heterocycles. The lowest BCUT2D eigenvalue weighted by Crippen LogP contribution is -2.09. The van der Waals surface area contributed by atoms with Gasteiger partial charge in [0.15, 0.2) is 5.76 Å². The van der Waals surface area contributed by atoms with Gasteiger partial charge in [-0.1, -0.05) is 36.4 Å². The number of Topliss-reactive ketones (excluding diaryl/α,β-unsaturated/α-hetero) is 1. The van der Waals surface area contributed by atoms with Crippen LogP contribution in [0.4, 0.5) is 4.39 Å². The molecule has 0 radical (unpaired) electrons. The second-order valence-corrected chi connectivity index (χ2v) is 6.36. The number of hydrogen-bond donors (Lipinski definition) is 0. The number of rotatable bonds is 3. The number of ether oxygens (including phenoxy) is 2. The summed E-state index contributed by atoms with van der Waals surface area (Å²) in [5.41, 5.74) is 2.00. The highest BCUT2D eigenvalue weighted by atomic mass is 19.1. The first-order valence-electron chi connectivity index (χ1n) is 8.63. The van der Waals surface area contributed by atoms with Crippen LogP contribution in [0.5, 0.6) is 11.5 Å². The molecule has 1 aliphatic rings. The van der Waals surface area contributed by atoms with E-state index in [9.17, 15) is 14.0 Å². The molecule has 138 valence electrons. The van der Waals surface area contributed by atoms with Gasteiger partial charge in [0.2, 0.25) is 5.78 Å². The molecular formula is C23H15FO4. The van der Waals surface area contributed by atoms with E-state index < -0.39 is 11.8 Å². The summed E-state index contributed by atoms with van der Waals surface area (Å²) in [7, 11) is 0. The molecule has 0 saturated carbocycles. The van der Waals surface area contributed by atoms with Gasteiger partial charge in [-0.05, 0) is 48.4 Å². The summed E-state index contributed by atoms with van der Waals surface area (Å²) in [6, 6.07) is 17.7. The molecule has 0 N–H and O–H groups in total. The van der Waals surface area contributed by atoms with Crippen molar-refractivity contribution in [3.8, 4) is 11.5 Å². The highest BCUT2D eigenvalue weighted by Gasteiger charge is 2.30. The van der Waals surface area contributed by atoms with E-state index in [1.807, 2.05) is 30.3 Å². The van der Waals surface area contributed by atoms with Gasteiger partial charge in [-0.25, -0.2) is 9.18 Å². The molecule has 0 atom stereocenters. The Balaban J connectivity index is 1.61. The third kappa shape index (κ3) is 3.42. The van der Waals surface area contributed by atoms with E-state index in [0.717, 1.165) is 11.6 Å². The minimum absolute atomic E-state index is 0.0970. The van der Waals surface area contributed by atoms with E-state index in [4.69, 9.17) is 9.47 Å². The van der Waals surface area contributed by atoms with Crippen molar-refractivity contribution in [1.29, 1.82) is 0 Å². The molecule has 0 spiro atoms. The average Bonchev–Trinajstić information content (AvgIpc) is 2.98. The maximum atomic E-state index is 13.3. The van der Waals surface area contributed by atoms with Crippen LogP contribution in [0.25, 0.3) is 6.08 Å². The van der Waals surface area contributed by atoms with Crippen LogP contribution in [0.3, 0.4) is 0 Å². The fraction of sp³-hybridized carbons (Fsp3) is 0.0435. The molecule has 0 unspecified atom stereocenters. The van der Waals surface area contributed by atoms with E-state index in [-0.39, 0.29) is 22.9 Å². The Morgan fingerprint density at radius 2 is 1.82 bits per heavy atom. The van der Waals surface area contributed by atoms with Crippen molar-refractivity contribution in [3.05, 3.63) is 101 Å². The number of fused-ring (bicyclic) bond motifs is 1. The van der Waals surface area contributed by atoms with Gasteiger partial charge in [-0.15, -0.1) is 0 Å². The number of esters is 1. The van der Waals surface area contributed by atoms with Crippen molar-refractivity contribution in [1.82, 2.24) is 0 Å². The van der Waals surface area contributed by atoms with Crippen LogP contribution in [0.2, 0.25) is 0 Å². The SMILES string of the molecule is Cc1cc(OC(=O)c2cccc(F)c2)cc2c1C(=O)/C(=C/c1ccccc1)O2. The second-order valence-electron chi connectivity index (χ2n) is 6.36. The third-order valence-corrected chi connectivity index (χ3v) is 4.31. The molecule has 1 heterocycles. The maximum Gasteiger partial charge on any atom is 0.343 e. The zero-order valence-corrected chi connectivity index (χ0v) is 14.9. The number of halogens is 1. The highest BCUT2D eigenvalue weighted by Crippen LogP contribution is 2.37. The first-order chi connectivity index (χ1) is 13.5. The van der Waals surface area contributed by atoms with Crippen molar-refractivity contribution < 1.29 is 23.5 Å². The largest absolute Gasteiger partial charge is 0.452 e. The summed E-state index contributed by atoms with van der Waals surface area (Å²) in [6.07, 6.45) is 1.67. The molecule has 28 heavy (non-hydrogen) atoms. The van der Waals surface area contributed by atoms with E-state index >= 15 is 0 Å². The van der Waals surface area contributed by atoms with Gasteiger partial charge in [0.25, 0.3) is 0 Å². The van der Waals surface area contributed by atoms with Crippen molar-refractivity contribution in [2.24, 2.45) is 0 Å². The first kappa shape index (κ1) is 17.7. The number of aryl methyl sites for hydroxylation is 1. The summed E-state index contributed by atoms with van der Waals surface area (Å²) >= 11 is 0. The van der Waals surface area contributed by atoms with Crippen LogP contribution in [0, 0.1) is 12.7 Å². The van der Waals surface area contributed by atoms with Crippen molar-refractivity contribution in [3.63, 3.8) is 0 Å². The van der Waals surface area contributed by atoms with Crippen molar-refractivity contribution in [2.45, 2.75) is 6.92 Å². The zero-order chi connectivity index (χ0) is 19.7. The molecular weight excluding hydrogens is 359 g/mol. The molecule has 0 bridgehead atoms. The number of carbonyl (C=O) groups excluding carboxylic acids is 2. The average molecular weight is 374 g/mol. The van der Waals surface area contributed by atoms with Gasteiger partial charge in [0.05, 0.1) is 11.1 Å². The molecule has 4 rings (SSSR count). The summed E-state index contributed by atoms with van der Waals surface area (Å²) in [5, 5.41) is 0. The molecule has 3 aromatic rings. The summed E-state index contributed by atoms with van der Waals surface area (Å²) < 4.78 is 24.3. The number of hydrogen-bond acceptors (Lipinski definition) is 4. The molecule has 0 aromatic heterocycles. The van der Waals surface area contributed by atoms with Gasteiger partial charge in [-0.3, -0.25) is 4.79 Å². The monoisotopic (exact) mass is 374 g/mol. The lowest BCUT2D eigenvalue weighted by molar-refractivity contribution is 0.0734. The quantitative estimate of drug-likeness (QED) is 0.369. The van der Waals surface area contributed by atoms with E-state index in [1.54, 1.807) is 19.1 Å². The Hall–Kier alpha value is -3.73. The normalized spacial score (nSPS) is 13.9. The van der Waals surface area contributed by atoms with Crippen molar-refractivity contribution >= 4 is 17.8 Å².